The van der Waals surface area contributed by atoms with E-state index < -0.39 is 5.60 Å². The van der Waals surface area contributed by atoms with Gasteiger partial charge in [-0.3, -0.25) is 14.5 Å². The van der Waals surface area contributed by atoms with Crippen molar-refractivity contribution in [1.82, 2.24) is 4.90 Å². The highest BCUT2D eigenvalue weighted by Crippen LogP contribution is 2.56. The van der Waals surface area contributed by atoms with Crippen LogP contribution in [0.25, 0.3) is 0 Å². The molecule has 0 bridgehead atoms. The van der Waals surface area contributed by atoms with Crippen molar-refractivity contribution < 1.29 is 9.63 Å². The van der Waals surface area contributed by atoms with Gasteiger partial charge < -0.3 is 0 Å². The van der Waals surface area contributed by atoms with Gasteiger partial charge in [-0.2, -0.15) is 0 Å². The summed E-state index contributed by atoms with van der Waals surface area (Å²) in [6.07, 6.45) is 0.475. The molecule has 0 unspecified atom stereocenters. The molecule has 4 atom stereocenters. The van der Waals surface area contributed by atoms with Crippen LogP contribution in [0, 0.1) is 6.92 Å². The molecule has 0 N–H and O–H groups in total. The van der Waals surface area contributed by atoms with Crippen molar-refractivity contribution in [2.75, 3.05) is 18.2 Å². The van der Waals surface area contributed by atoms with Crippen LogP contribution < -0.4 is 5.06 Å². The van der Waals surface area contributed by atoms with E-state index in [-0.39, 0.29) is 23.8 Å². The number of carbonyl (C=O) groups is 1. The zero-order valence-electron chi connectivity index (χ0n) is 21.3. The second-order valence-corrected chi connectivity index (χ2v) is 11.2. The summed E-state index contributed by atoms with van der Waals surface area (Å²) in [6, 6.07) is 33.8. The summed E-state index contributed by atoms with van der Waals surface area (Å²) in [5.41, 5.74) is 3.62. The standard InChI is InChI=1S/C32H32N2O2S/c1-23-15-17-26(18-16-23)31-30(28-14-9-21-37-28)32(36-34(31)27-12-7-4-8-13-27)22-33(20-19-29(32)35)24(2)25-10-5-3-6-11-25/h3-18,21,24,30-31H,19-20,22H2,1-2H3/t24-,30+,31-,32-/m1/s1. The number of hydrogen-bond donors (Lipinski definition) is 0. The van der Waals surface area contributed by atoms with E-state index in [9.17, 15) is 4.79 Å². The molecule has 2 fully saturated rings. The van der Waals surface area contributed by atoms with E-state index in [4.69, 9.17) is 4.84 Å². The summed E-state index contributed by atoms with van der Waals surface area (Å²) in [5, 5.41) is 4.13. The lowest BCUT2D eigenvalue weighted by atomic mass is 9.74. The molecule has 0 amide bonds. The molecular weight excluding hydrogens is 476 g/mol. The second kappa shape index (κ2) is 9.90. The Hall–Kier alpha value is -3.25. The zero-order valence-corrected chi connectivity index (χ0v) is 22.1. The molecule has 0 aliphatic carbocycles. The van der Waals surface area contributed by atoms with Crippen molar-refractivity contribution in [3.8, 4) is 0 Å². The summed E-state index contributed by atoms with van der Waals surface area (Å²) in [6.45, 7) is 5.63. The average Bonchev–Trinajstić information content (AvgIpc) is 3.58. The number of piperidine rings is 1. The fourth-order valence-electron chi connectivity index (χ4n) is 5.96. The zero-order chi connectivity index (χ0) is 25.4. The number of ketones is 1. The Morgan fingerprint density at radius 2 is 1.62 bits per heavy atom. The molecule has 3 heterocycles. The quantitative estimate of drug-likeness (QED) is 0.288. The van der Waals surface area contributed by atoms with Gasteiger partial charge in [0.15, 0.2) is 11.4 Å². The molecule has 6 rings (SSSR count). The van der Waals surface area contributed by atoms with Crippen LogP contribution in [0.2, 0.25) is 0 Å². The maximum Gasteiger partial charge on any atom is 0.176 e. The van der Waals surface area contributed by atoms with E-state index in [1.54, 1.807) is 11.3 Å². The average molecular weight is 509 g/mol. The first-order valence-corrected chi connectivity index (χ1v) is 13.9. The van der Waals surface area contributed by atoms with E-state index in [0.29, 0.717) is 13.0 Å². The van der Waals surface area contributed by atoms with Crippen molar-refractivity contribution in [3.63, 3.8) is 0 Å². The van der Waals surface area contributed by atoms with Gasteiger partial charge in [0.05, 0.1) is 17.6 Å². The first-order valence-electron chi connectivity index (χ1n) is 13.0. The Morgan fingerprint density at radius 3 is 2.30 bits per heavy atom. The molecule has 4 aromatic rings. The van der Waals surface area contributed by atoms with Gasteiger partial charge >= 0.3 is 0 Å². The Labute approximate surface area is 223 Å². The summed E-state index contributed by atoms with van der Waals surface area (Å²) in [4.78, 5) is 24.7. The van der Waals surface area contributed by atoms with Crippen LogP contribution in [0.15, 0.2) is 102 Å². The third kappa shape index (κ3) is 4.31. The first-order chi connectivity index (χ1) is 18.1. The van der Waals surface area contributed by atoms with Crippen molar-refractivity contribution in [3.05, 3.63) is 124 Å². The first kappa shape index (κ1) is 24.1. The predicted molar refractivity (Wildman–Crippen MR) is 150 cm³/mol. The number of para-hydroxylation sites is 1. The number of likely N-dealkylation sites (tertiary alicyclic amines) is 1. The van der Waals surface area contributed by atoms with E-state index in [2.05, 4.69) is 96.9 Å². The van der Waals surface area contributed by atoms with Crippen molar-refractivity contribution in [2.24, 2.45) is 0 Å². The molecular formula is C32H32N2O2S. The molecule has 2 aliphatic rings. The Balaban J connectivity index is 1.49. The highest BCUT2D eigenvalue weighted by Gasteiger charge is 2.62. The number of Topliss-reactive ketones (excluding diaryl/α,β-unsaturated/α-hetero) is 1. The highest BCUT2D eigenvalue weighted by molar-refractivity contribution is 7.10. The number of anilines is 1. The van der Waals surface area contributed by atoms with E-state index >= 15 is 0 Å². The van der Waals surface area contributed by atoms with E-state index in [1.807, 2.05) is 29.3 Å². The van der Waals surface area contributed by atoms with Crippen molar-refractivity contribution in [1.29, 1.82) is 0 Å². The lowest BCUT2D eigenvalue weighted by molar-refractivity contribution is -0.151. The fourth-order valence-corrected chi connectivity index (χ4v) is 6.90. The second-order valence-electron chi connectivity index (χ2n) is 10.2. The smallest absolute Gasteiger partial charge is 0.176 e. The molecule has 3 aromatic carbocycles. The number of hydrogen-bond acceptors (Lipinski definition) is 5. The van der Waals surface area contributed by atoms with Crippen LogP contribution in [0.5, 0.6) is 0 Å². The van der Waals surface area contributed by atoms with Crippen LogP contribution in [0.3, 0.4) is 0 Å². The summed E-state index contributed by atoms with van der Waals surface area (Å²) in [7, 11) is 0. The molecule has 37 heavy (non-hydrogen) atoms. The minimum atomic E-state index is -0.975. The molecule has 2 saturated heterocycles. The predicted octanol–water partition coefficient (Wildman–Crippen LogP) is 7.11. The summed E-state index contributed by atoms with van der Waals surface area (Å²) in [5.74, 6) is 0.0617. The largest absolute Gasteiger partial charge is 0.296 e. The number of thiophene rings is 1. The number of benzene rings is 3. The number of rotatable bonds is 5. The molecule has 188 valence electrons. The SMILES string of the molecule is Cc1ccc([C@@H]2[C@H](c3cccs3)[C@]3(CN([C@H](C)c4ccccc4)CCC3=O)ON2c2ccccc2)cc1. The van der Waals surface area contributed by atoms with E-state index in [1.165, 1.54) is 16.0 Å². The number of hydroxylamine groups is 1. The highest BCUT2D eigenvalue weighted by atomic mass is 32.1. The van der Waals surface area contributed by atoms with Crippen LogP contribution in [-0.4, -0.2) is 29.4 Å². The number of aryl methyl sites for hydroxylation is 1. The molecule has 1 spiro atoms. The molecule has 4 nitrogen and oxygen atoms in total. The lowest BCUT2D eigenvalue weighted by Crippen LogP contribution is -2.57. The van der Waals surface area contributed by atoms with Crippen LogP contribution in [0.4, 0.5) is 5.69 Å². The van der Waals surface area contributed by atoms with E-state index in [0.717, 1.165) is 17.8 Å². The molecule has 0 radical (unpaired) electrons. The normalized spacial score (nSPS) is 25.0. The van der Waals surface area contributed by atoms with Gasteiger partial charge in [0.25, 0.3) is 0 Å². The Kier molecular flexibility index (Phi) is 6.45. The maximum absolute atomic E-state index is 14.1. The third-order valence-corrected chi connectivity index (χ3v) is 8.93. The minimum Gasteiger partial charge on any atom is -0.296 e. The van der Waals surface area contributed by atoms with Gasteiger partial charge in [-0.25, -0.2) is 5.06 Å². The van der Waals surface area contributed by atoms with Crippen LogP contribution in [0.1, 0.15) is 52.9 Å². The van der Waals surface area contributed by atoms with Crippen molar-refractivity contribution >= 4 is 22.8 Å². The third-order valence-electron chi connectivity index (χ3n) is 7.98. The number of nitrogens with zero attached hydrogens (tertiary/aromatic N) is 2. The van der Waals surface area contributed by atoms with Crippen LogP contribution in [-0.2, 0) is 9.63 Å². The van der Waals surface area contributed by atoms with Gasteiger partial charge in [0.1, 0.15) is 0 Å². The summed E-state index contributed by atoms with van der Waals surface area (Å²) >= 11 is 1.72. The monoisotopic (exact) mass is 508 g/mol. The number of carbonyl (C=O) groups excluding carboxylic acids is 1. The Bertz CT molecular complexity index is 1340. The maximum atomic E-state index is 14.1. The fraction of sp³-hybridized carbons (Fsp3) is 0.281. The van der Waals surface area contributed by atoms with Crippen LogP contribution >= 0.6 is 11.3 Å². The molecule has 5 heteroatoms. The molecule has 1 aromatic heterocycles. The van der Waals surface area contributed by atoms with Gasteiger partial charge in [0.2, 0.25) is 0 Å². The Morgan fingerprint density at radius 1 is 0.919 bits per heavy atom. The van der Waals surface area contributed by atoms with Gasteiger partial charge in [0, 0.05) is 30.4 Å². The molecule has 2 aliphatic heterocycles. The molecule has 0 saturated carbocycles. The van der Waals surface area contributed by atoms with Crippen molar-refractivity contribution in [2.45, 2.75) is 43.9 Å². The topological polar surface area (TPSA) is 32.8 Å². The van der Waals surface area contributed by atoms with Gasteiger partial charge in [-0.1, -0.05) is 84.4 Å². The lowest BCUT2D eigenvalue weighted by Gasteiger charge is -2.43. The summed E-state index contributed by atoms with van der Waals surface area (Å²) < 4.78 is 0. The van der Waals surface area contributed by atoms with Gasteiger partial charge in [-0.15, -0.1) is 11.3 Å². The minimum absolute atomic E-state index is 0.127. The van der Waals surface area contributed by atoms with Gasteiger partial charge in [-0.05, 0) is 48.6 Å².